The fourth-order valence-corrected chi connectivity index (χ4v) is 3.16. The second-order valence-corrected chi connectivity index (χ2v) is 6.96. The molecule has 3 aromatic rings. The van der Waals surface area contributed by atoms with Gasteiger partial charge in [-0.2, -0.15) is 15.0 Å². The zero-order chi connectivity index (χ0) is 19.4. The number of carbonyl (C=O) groups is 1. The van der Waals surface area contributed by atoms with Crippen molar-refractivity contribution >= 4 is 40.8 Å². The quantitative estimate of drug-likeness (QED) is 0.488. The monoisotopic (exact) mass is 423 g/mol. The molecule has 0 amide bonds. The summed E-state index contributed by atoms with van der Waals surface area (Å²) in [6.07, 6.45) is 0.177. The van der Waals surface area contributed by atoms with Gasteiger partial charge in [0.2, 0.25) is 0 Å². The molecule has 27 heavy (non-hydrogen) atoms. The molecule has 0 N–H and O–H groups in total. The van der Waals surface area contributed by atoms with Crippen molar-refractivity contribution in [2.24, 2.45) is 0 Å². The summed E-state index contributed by atoms with van der Waals surface area (Å²) in [5.74, 6) is -0.297. The van der Waals surface area contributed by atoms with Crippen molar-refractivity contribution in [2.75, 3.05) is 6.61 Å². The van der Waals surface area contributed by atoms with Gasteiger partial charge in [0.25, 0.3) is 0 Å². The number of carbonyl (C=O) groups excluding carboxylic acids is 1. The van der Waals surface area contributed by atoms with E-state index in [1.807, 2.05) is 12.1 Å². The number of hydrogen-bond acceptors (Lipinski definition) is 4. The van der Waals surface area contributed by atoms with Crippen molar-refractivity contribution in [3.63, 3.8) is 0 Å². The second kappa shape index (κ2) is 8.74. The molecule has 0 bridgehead atoms. The summed E-state index contributed by atoms with van der Waals surface area (Å²) in [5.41, 5.74) is 2.78. The summed E-state index contributed by atoms with van der Waals surface area (Å²) in [6, 6.07) is 12.5. The molecule has 0 radical (unpaired) electrons. The Kier molecular flexibility index (Phi) is 6.37. The highest BCUT2D eigenvalue weighted by atomic mass is 35.5. The number of aromatic nitrogens is 3. The normalized spacial score (nSPS) is 10.8. The Labute approximate surface area is 171 Å². The van der Waals surface area contributed by atoms with Gasteiger partial charge in [-0.05, 0) is 37.3 Å². The standard InChI is InChI=1S/C19H16Cl3N3O2/c1-2-27-17(26)9-10-25-23-18(12-3-5-13(20)6-4-12)19(24-25)15-8-7-14(21)11-16(15)22/h3-8,11H,2,9-10H2,1H3. The number of esters is 1. The number of hydrogen-bond donors (Lipinski definition) is 0. The van der Waals surface area contributed by atoms with E-state index in [9.17, 15) is 4.79 Å². The summed E-state index contributed by atoms with van der Waals surface area (Å²) in [4.78, 5) is 13.1. The Morgan fingerprint density at radius 3 is 2.33 bits per heavy atom. The van der Waals surface area contributed by atoms with Crippen LogP contribution in [0.25, 0.3) is 22.5 Å². The van der Waals surface area contributed by atoms with E-state index in [0.29, 0.717) is 45.2 Å². The summed E-state index contributed by atoms with van der Waals surface area (Å²) in [5, 5.41) is 10.7. The molecular formula is C19H16Cl3N3O2. The first-order valence-electron chi connectivity index (χ1n) is 8.30. The molecule has 0 fully saturated rings. The molecule has 0 saturated heterocycles. The molecule has 0 spiro atoms. The van der Waals surface area contributed by atoms with Gasteiger partial charge in [0.15, 0.2) is 0 Å². The van der Waals surface area contributed by atoms with Crippen LogP contribution in [0.2, 0.25) is 15.1 Å². The van der Waals surface area contributed by atoms with E-state index in [1.165, 1.54) is 4.80 Å². The van der Waals surface area contributed by atoms with Crippen LogP contribution in [0.1, 0.15) is 13.3 Å². The Morgan fingerprint density at radius 1 is 1.00 bits per heavy atom. The minimum absolute atomic E-state index is 0.177. The Hall–Kier alpha value is -2.08. The molecule has 8 heteroatoms. The van der Waals surface area contributed by atoms with Crippen LogP contribution in [-0.2, 0) is 16.1 Å². The lowest BCUT2D eigenvalue weighted by Crippen LogP contribution is -2.11. The van der Waals surface area contributed by atoms with Crippen LogP contribution in [0.5, 0.6) is 0 Å². The number of aryl methyl sites for hydroxylation is 1. The molecule has 0 aliphatic rings. The van der Waals surface area contributed by atoms with E-state index in [2.05, 4.69) is 10.2 Å². The van der Waals surface area contributed by atoms with Crippen LogP contribution in [-0.4, -0.2) is 27.6 Å². The van der Waals surface area contributed by atoms with Gasteiger partial charge in [-0.1, -0.05) is 46.9 Å². The van der Waals surface area contributed by atoms with Crippen molar-refractivity contribution < 1.29 is 9.53 Å². The second-order valence-electron chi connectivity index (χ2n) is 5.68. The molecule has 0 saturated carbocycles. The number of ether oxygens (including phenoxy) is 1. The van der Waals surface area contributed by atoms with Gasteiger partial charge in [-0.15, -0.1) is 0 Å². The highest BCUT2D eigenvalue weighted by Gasteiger charge is 2.18. The molecule has 3 rings (SSSR count). The van der Waals surface area contributed by atoms with Crippen LogP contribution in [0.3, 0.4) is 0 Å². The van der Waals surface area contributed by atoms with Gasteiger partial charge in [-0.3, -0.25) is 4.79 Å². The molecule has 0 aliphatic carbocycles. The van der Waals surface area contributed by atoms with Gasteiger partial charge in [0, 0.05) is 21.2 Å². The van der Waals surface area contributed by atoms with Crippen molar-refractivity contribution in [3.05, 3.63) is 57.5 Å². The van der Waals surface area contributed by atoms with E-state index < -0.39 is 0 Å². The molecule has 140 valence electrons. The molecule has 2 aromatic carbocycles. The van der Waals surface area contributed by atoms with E-state index in [0.717, 1.165) is 5.56 Å². The number of benzene rings is 2. The number of halogens is 3. The van der Waals surface area contributed by atoms with Crippen molar-refractivity contribution in [1.82, 2.24) is 15.0 Å². The van der Waals surface area contributed by atoms with Crippen LogP contribution >= 0.6 is 34.8 Å². The minimum atomic E-state index is -0.297. The van der Waals surface area contributed by atoms with E-state index in [-0.39, 0.29) is 12.4 Å². The fourth-order valence-electron chi connectivity index (χ4n) is 2.54. The fraction of sp³-hybridized carbons (Fsp3) is 0.211. The van der Waals surface area contributed by atoms with Crippen molar-refractivity contribution in [1.29, 1.82) is 0 Å². The predicted octanol–water partition coefficient (Wildman–Crippen LogP) is 5.53. The first kappa shape index (κ1) is 19.7. The van der Waals surface area contributed by atoms with Gasteiger partial charge in [-0.25, -0.2) is 0 Å². The first-order chi connectivity index (χ1) is 13.0. The lowest BCUT2D eigenvalue weighted by atomic mass is 10.1. The zero-order valence-corrected chi connectivity index (χ0v) is 16.7. The predicted molar refractivity (Wildman–Crippen MR) is 107 cm³/mol. The number of rotatable bonds is 6. The highest BCUT2D eigenvalue weighted by Crippen LogP contribution is 2.35. The molecule has 0 aliphatic heterocycles. The summed E-state index contributed by atoms with van der Waals surface area (Å²) in [7, 11) is 0. The molecule has 1 heterocycles. The van der Waals surface area contributed by atoms with Crippen molar-refractivity contribution in [2.45, 2.75) is 19.9 Å². The SMILES string of the molecule is CCOC(=O)CCn1nc(-c2ccc(Cl)cc2)c(-c2ccc(Cl)cc2Cl)n1. The lowest BCUT2D eigenvalue weighted by molar-refractivity contribution is -0.143. The molecule has 0 atom stereocenters. The largest absolute Gasteiger partial charge is 0.466 e. The average molecular weight is 425 g/mol. The van der Waals surface area contributed by atoms with Gasteiger partial charge in [0.1, 0.15) is 11.4 Å². The van der Waals surface area contributed by atoms with E-state index in [4.69, 9.17) is 39.5 Å². The Bertz CT molecular complexity index is 955. The summed E-state index contributed by atoms with van der Waals surface area (Å²) < 4.78 is 4.96. The molecule has 0 unspecified atom stereocenters. The third kappa shape index (κ3) is 4.80. The third-order valence-electron chi connectivity index (χ3n) is 3.78. The van der Waals surface area contributed by atoms with Gasteiger partial charge < -0.3 is 4.74 Å². The molecule has 5 nitrogen and oxygen atoms in total. The highest BCUT2D eigenvalue weighted by molar-refractivity contribution is 6.36. The van der Waals surface area contributed by atoms with Crippen LogP contribution in [0, 0.1) is 0 Å². The summed E-state index contributed by atoms with van der Waals surface area (Å²) >= 11 is 18.4. The van der Waals surface area contributed by atoms with E-state index >= 15 is 0 Å². The smallest absolute Gasteiger partial charge is 0.307 e. The van der Waals surface area contributed by atoms with E-state index in [1.54, 1.807) is 37.3 Å². The lowest BCUT2D eigenvalue weighted by Gasteiger charge is -2.04. The number of nitrogens with zero attached hydrogens (tertiary/aromatic N) is 3. The first-order valence-corrected chi connectivity index (χ1v) is 9.43. The average Bonchev–Trinajstić information content (AvgIpc) is 3.05. The Morgan fingerprint density at radius 2 is 1.67 bits per heavy atom. The molecular weight excluding hydrogens is 409 g/mol. The van der Waals surface area contributed by atoms with Crippen LogP contribution in [0.15, 0.2) is 42.5 Å². The van der Waals surface area contributed by atoms with Crippen LogP contribution < -0.4 is 0 Å². The van der Waals surface area contributed by atoms with Crippen molar-refractivity contribution in [3.8, 4) is 22.5 Å². The minimum Gasteiger partial charge on any atom is -0.466 e. The zero-order valence-electron chi connectivity index (χ0n) is 14.5. The Balaban J connectivity index is 2.01. The van der Waals surface area contributed by atoms with Gasteiger partial charge in [0.05, 0.1) is 24.6 Å². The van der Waals surface area contributed by atoms with Crippen LogP contribution in [0.4, 0.5) is 0 Å². The maximum atomic E-state index is 11.6. The summed E-state index contributed by atoms with van der Waals surface area (Å²) in [6.45, 7) is 2.40. The molecule has 1 aromatic heterocycles. The maximum absolute atomic E-state index is 11.6. The topological polar surface area (TPSA) is 57.0 Å². The van der Waals surface area contributed by atoms with Gasteiger partial charge >= 0.3 is 5.97 Å². The third-order valence-corrected chi connectivity index (χ3v) is 4.58. The maximum Gasteiger partial charge on any atom is 0.307 e.